The Morgan fingerprint density at radius 2 is 2.00 bits per heavy atom. The van der Waals surface area contributed by atoms with E-state index in [2.05, 4.69) is 26.0 Å². The third-order valence-corrected chi connectivity index (χ3v) is 2.86. The molecule has 2 aromatic heterocycles. The van der Waals surface area contributed by atoms with Crippen LogP contribution in [-0.4, -0.2) is 25.4 Å². The molecule has 0 bridgehead atoms. The lowest BCUT2D eigenvalue weighted by Crippen LogP contribution is -1.99. The summed E-state index contributed by atoms with van der Waals surface area (Å²) in [5, 5.41) is 18.4. The van der Waals surface area contributed by atoms with Crippen LogP contribution in [0.15, 0.2) is 41.1 Å². The van der Waals surface area contributed by atoms with E-state index in [0.29, 0.717) is 11.7 Å². The van der Waals surface area contributed by atoms with Gasteiger partial charge >= 0.3 is 0 Å². The monoisotopic (exact) mass is 282 g/mol. The molecule has 0 unspecified atom stereocenters. The SMILES string of the molecule is Cc1ccc(-n2nnnc2C=CNc2cc(C)no2)cc1. The predicted molar refractivity (Wildman–Crippen MR) is 77.8 cm³/mol. The number of tetrazole rings is 1. The molecule has 0 radical (unpaired) electrons. The number of anilines is 1. The molecular weight excluding hydrogens is 268 g/mol. The fourth-order valence-corrected chi connectivity index (χ4v) is 1.80. The maximum atomic E-state index is 5.04. The van der Waals surface area contributed by atoms with Crippen LogP contribution in [0.4, 0.5) is 5.88 Å². The highest BCUT2D eigenvalue weighted by atomic mass is 16.5. The van der Waals surface area contributed by atoms with Crippen molar-refractivity contribution in [3.63, 3.8) is 0 Å². The smallest absolute Gasteiger partial charge is 0.228 e. The van der Waals surface area contributed by atoms with Crippen LogP contribution in [0.25, 0.3) is 11.8 Å². The molecule has 7 nitrogen and oxygen atoms in total. The Hall–Kier alpha value is -2.96. The highest BCUT2D eigenvalue weighted by molar-refractivity contribution is 5.49. The van der Waals surface area contributed by atoms with Crippen LogP contribution in [0, 0.1) is 13.8 Å². The normalized spacial score (nSPS) is 11.1. The maximum Gasteiger partial charge on any atom is 0.228 e. The zero-order valence-corrected chi connectivity index (χ0v) is 11.7. The van der Waals surface area contributed by atoms with Gasteiger partial charge in [-0.25, -0.2) is 0 Å². The molecular formula is C14H14N6O. The summed E-state index contributed by atoms with van der Waals surface area (Å²) in [5.41, 5.74) is 2.91. The van der Waals surface area contributed by atoms with Crippen molar-refractivity contribution in [3.8, 4) is 5.69 Å². The lowest BCUT2D eigenvalue weighted by Gasteiger charge is -2.01. The van der Waals surface area contributed by atoms with Gasteiger partial charge in [0.1, 0.15) is 0 Å². The molecule has 0 atom stereocenters. The van der Waals surface area contributed by atoms with Crippen LogP contribution in [-0.2, 0) is 0 Å². The predicted octanol–water partition coefficient (Wildman–Crippen LogP) is 2.35. The first-order valence-corrected chi connectivity index (χ1v) is 6.44. The Labute approximate surface area is 121 Å². The Bertz CT molecular complexity index is 756. The molecule has 2 heterocycles. The van der Waals surface area contributed by atoms with Crippen LogP contribution >= 0.6 is 0 Å². The molecule has 1 aromatic carbocycles. The first kappa shape index (κ1) is 13.0. The lowest BCUT2D eigenvalue weighted by atomic mass is 10.2. The molecule has 7 heteroatoms. The van der Waals surface area contributed by atoms with Gasteiger partial charge in [0.15, 0.2) is 5.82 Å². The standard InChI is InChI=1S/C14H14N6O/c1-10-3-5-12(6-4-10)20-13(16-18-19-20)7-8-15-14-9-11(2)17-21-14/h3-9,15H,1-2H3. The molecule has 106 valence electrons. The summed E-state index contributed by atoms with van der Waals surface area (Å²) in [6, 6.07) is 9.76. The molecule has 0 saturated heterocycles. The average Bonchev–Trinajstić information content (AvgIpc) is 3.09. The van der Waals surface area contributed by atoms with Crippen molar-refractivity contribution >= 4 is 12.0 Å². The Morgan fingerprint density at radius 1 is 1.19 bits per heavy atom. The Morgan fingerprint density at radius 3 is 2.71 bits per heavy atom. The van der Waals surface area contributed by atoms with Gasteiger partial charge in [-0.3, -0.25) is 0 Å². The summed E-state index contributed by atoms with van der Waals surface area (Å²) in [4.78, 5) is 0. The van der Waals surface area contributed by atoms with E-state index in [1.807, 2.05) is 38.1 Å². The van der Waals surface area contributed by atoms with E-state index in [4.69, 9.17) is 4.52 Å². The third-order valence-electron chi connectivity index (χ3n) is 2.86. The minimum Gasteiger partial charge on any atom is -0.338 e. The highest BCUT2D eigenvalue weighted by Gasteiger charge is 2.05. The number of hydrogen-bond donors (Lipinski definition) is 1. The first-order valence-electron chi connectivity index (χ1n) is 6.44. The molecule has 0 saturated carbocycles. The fourth-order valence-electron chi connectivity index (χ4n) is 1.80. The van der Waals surface area contributed by atoms with E-state index < -0.39 is 0 Å². The van der Waals surface area contributed by atoms with Gasteiger partial charge in [0.25, 0.3) is 0 Å². The fraction of sp³-hybridized carbons (Fsp3) is 0.143. The maximum absolute atomic E-state index is 5.04. The van der Waals surface area contributed by atoms with Crippen LogP contribution < -0.4 is 5.32 Å². The van der Waals surface area contributed by atoms with Gasteiger partial charge in [-0.1, -0.05) is 22.9 Å². The minimum atomic E-state index is 0.568. The zero-order chi connectivity index (χ0) is 14.7. The van der Waals surface area contributed by atoms with E-state index in [9.17, 15) is 0 Å². The average molecular weight is 282 g/mol. The summed E-state index contributed by atoms with van der Waals surface area (Å²) in [7, 11) is 0. The summed E-state index contributed by atoms with van der Waals surface area (Å²) in [6.45, 7) is 3.89. The number of aryl methyl sites for hydroxylation is 2. The van der Waals surface area contributed by atoms with Crippen molar-refractivity contribution in [3.05, 3.63) is 53.6 Å². The number of hydrogen-bond acceptors (Lipinski definition) is 6. The second kappa shape index (κ2) is 5.58. The van der Waals surface area contributed by atoms with Crippen molar-refractivity contribution < 1.29 is 4.52 Å². The summed E-state index contributed by atoms with van der Waals surface area (Å²) in [6.07, 6.45) is 3.47. The van der Waals surface area contributed by atoms with Gasteiger partial charge in [-0.15, -0.1) is 5.10 Å². The van der Waals surface area contributed by atoms with Crippen LogP contribution in [0.1, 0.15) is 17.1 Å². The number of aromatic nitrogens is 5. The van der Waals surface area contributed by atoms with E-state index in [1.54, 1.807) is 23.0 Å². The molecule has 0 amide bonds. The van der Waals surface area contributed by atoms with Crippen molar-refractivity contribution in [2.75, 3.05) is 5.32 Å². The quantitative estimate of drug-likeness (QED) is 0.791. The number of rotatable bonds is 4. The summed E-state index contributed by atoms with van der Waals surface area (Å²) < 4.78 is 6.70. The number of benzene rings is 1. The molecule has 1 N–H and O–H groups in total. The van der Waals surface area contributed by atoms with Crippen LogP contribution in [0.5, 0.6) is 0 Å². The third kappa shape index (κ3) is 2.97. The number of nitrogens with zero attached hydrogens (tertiary/aromatic N) is 5. The van der Waals surface area contributed by atoms with Crippen molar-refractivity contribution in [1.29, 1.82) is 0 Å². The van der Waals surface area contributed by atoms with E-state index in [-0.39, 0.29) is 0 Å². The minimum absolute atomic E-state index is 0.568. The topological polar surface area (TPSA) is 81.7 Å². The van der Waals surface area contributed by atoms with Gasteiger partial charge in [-0.05, 0) is 36.4 Å². The van der Waals surface area contributed by atoms with Gasteiger partial charge in [0.2, 0.25) is 5.88 Å². The van der Waals surface area contributed by atoms with Crippen LogP contribution in [0.2, 0.25) is 0 Å². The largest absolute Gasteiger partial charge is 0.338 e. The molecule has 0 spiro atoms. The summed E-state index contributed by atoms with van der Waals surface area (Å²) >= 11 is 0. The second-order valence-electron chi connectivity index (χ2n) is 4.59. The Kier molecular flexibility index (Phi) is 3.46. The van der Waals surface area contributed by atoms with E-state index >= 15 is 0 Å². The van der Waals surface area contributed by atoms with Crippen molar-refractivity contribution in [1.82, 2.24) is 25.4 Å². The van der Waals surface area contributed by atoms with Crippen LogP contribution in [0.3, 0.4) is 0 Å². The van der Waals surface area contributed by atoms with Crippen molar-refractivity contribution in [2.45, 2.75) is 13.8 Å². The molecule has 3 aromatic rings. The Balaban J connectivity index is 1.77. The zero-order valence-electron chi connectivity index (χ0n) is 11.7. The summed E-state index contributed by atoms with van der Waals surface area (Å²) in [5.74, 6) is 1.18. The first-order chi connectivity index (χ1) is 10.2. The highest BCUT2D eigenvalue weighted by Crippen LogP contribution is 2.11. The van der Waals surface area contributed by atoms with Crippen molar-refractivity contribution in [2.24, 2.45) is 0 Å². The lowest BCUT2D eigenvalue weighted by molar-refractivity contribution is 0.429. The molecule has 0 aliphatic rings. The van der Waals surface area contributed by atoms with Gasteiger partial charge in [-0.2, -0.15) is 4.68 Å². The number of nitrogens with one attached hydrogen (secondary N) is 1. The molecule has 3 rings (SSSR count). The molecule has 0 fully saturated rings. The molecule has 21 heavy (non-hydrogen) atoms. The van der Waals surface area contributed by atoms with E-state index in [1.165, 1.54) is 5.56 Å². The van der Waals surface area contributed by atoms with E-state index in [0.717, 1.165) is 11.4 Å². The molecule has 0 aliphatic heterocycles. The van der Waals surface area contributed by atoms with Gasteiger partial charge in [0.05, 0.1) is 11.4 Å². The van der Waals surface area contributed by atoms with Gasteiger partial charge < -0.3 is 9.84 Å². The second-order valence-corrected chi connectivity index (χ2v) is 4.59. The van der Waals surface area contributed by atoms with Gasteiger partial charge in [0, 0.05) is 18.3 Å². The molecule has 0 aliphatic carbocycles.